The summed E-state index contributed by atoms with van der Waals surface area (Å²) in [4.78, 5) is 2.40. The largest absolute Gasteiger partial charge is 0.302 e. The van der Waals surface area contributed by atoms with Crippen molar-refractivity contribution in [2.45, 2.75) is 19.8 Å². The molecule has 12 heavy (non-hydrogen) atoms. The first-order chi connectivity index (χ1) is 5.72. The molecule has 1 nitrogen and oxygen atoms in total. The third-order valence-electron chi connectivity index (χ3n) is 2.19. The highest BCUT2D eigenvalue weighted by molar-refractivity contribution is 5.09. The van der Waals surface area contributed by atoms with Crippen molar-refractivity contribution in [3.8, 4) is 0 Å². The van der Waals surface area contributed by atoms with E-state index in [1.54, 1.807) is 0 Å². The van der Waals surface area contributed by atoms with E-state index < -0.39 is 0 Å². The van der Waals surface area contributed by atoms with Crippen molar-refractivity contribution < 1.29 is 0 Å². The summed E-state index contributed by atoms with van der Waals surface area (Å²) in [5.74, 6) is 0.992. The molecule has 1 saturated carbocycles. The molecule has 0 aliphatic heterocycles. The van der Waals surface area contributed by atoms with E-state index in [1.165, 1.54) is 25.0 Å². The maximum Gasteiger partial charge on any atom is 0.0190 e. The van der Waals surface area contributed by atoms with Crippen LogP contribution in [0.5, 0.6) is 0 Å². The number of nitrogens with zero attached hydrogens (tertiary/aromatic N) is 1. The molecule has 0 amide bonds. The predicted octanol–water partition coefficient (Wildman–Crippen LogP) is 2.46. The second kappa shape index (κ2) is 4.46. The molecule has 0 atom stereocenters. The molecule has 0 radical (unpaired) electrons. The molecular formula is C11H19N. The maximum atomic E-state index is 3.69. The van der Waals surface area contributed by atoms with Crippen molar-refractivity contribution in [1.82, 2.24) is 4.90 Å². The van der Waals surface area contributed by atoms with E-state index >= 15 is 0 Å². The number of rotatable bonds is 5. The molecule has 1 fully saturated rings. The van der Waals surface area contributed by atoms with Crippen LogP contribution in [0.2, 0.25) is 0 Å². The first-order valence-corrected chi connectivity index (χ1v) is 4.69. The van der Waals surface area contributed by atoms with Crippen LogP contribution < -0.4 is 0 Å². The van der Waals surface area contributed by atoms with Gasteiger partial charge in [-0.2, -0.15) is 0 Å². The van der Waals surface area contributed by atoms with Crippen LogP contribution in [0.1, 0.15) is 19.8 Å². The van der Waals surface area contributed by atoms with Gasteiger partial charge in [0, 0.05) is 13.1 Å². The van der Waals surface area contributed by atoms with Crippen LogP contribution in [-0.4, -0.2) is 25.0 Å². The molecule has 1 heteroatoms. The van der Waals surface area contributed by atoms with E-state index in [-0.39, 0.29) is 0 Å². The second-order valence-corrected chi connectivity index (χ2v) is 3.89. The van der Waals surface area contributed by atoms with Crippen LogP contribution in [0.25, 0.3) is 0 Å². The molecule has 0 N–H and O–H groups in total. The van der Waals surface area contributed by atoms with Crippen molar-refractivity contribution in [1.29, 1.82) is 0 Å². The molecule has 1 rings (SSSR count). The van der Waals surface area contributed by atoms with Gasteiger partial charge in [0.2, 0.25) is 0 Å². The van der Waals surface area contributed by atoms with E-state index in [2.05, 4.69) is 31.5 Å². The molecule has 68 valence electrons. The van der Waals surface area contributed by atoms with E-state index in [9.17, 15) is 0 Å². The zero-order valence-electron chi connectivity index (χ0n) is 8.21. The topological polar surface area (TPSA) is 3.24 Å². The van der Waals surface area contributed by atoms with Crippen molar-refractivity contribution in [2.24, 2.45) is 5.92 Å². The van der Waals surface area contributed by atoms with Gasteiger partial charge in [0.05, 0.1) is 0 Å². The first-order valence-electron chi connectivity index (χ1n) is 4.69. The summed E-state index contributed by atoms with van der Waals surface area (Å²) in [5, 5.41) is 0. The molecule has 0 aromatic heterocycles. The van der Waals surface area contributed by atoms with Gasteiger partial charge in [0.25, 0.3) is 0 Å². The van der Waals surface area contributed by atoms with Gasteiger partial charge in [-0.1, -0.05) is 24.3 Å². The molecule has 0 aromatic carbocycles. The highest BCUT2D eigenvalue weighted by Gasteiger charge is 2.22. The monoisotopic (exact) mass is 165 g/mol. The summed E-state index contributed by atoms with van der Waals surface area (Å²) in [6.07, 6.45) is 6.83. The number of likely N-dealkylation sites (N-methyl/N-ethyl adjacent to an activating group) is 1. The minimum Gasteiger partial charge on any atom is -0.302 e. The van der Waals surface area contributed by atoms with E-state index in [4.69, 9.17) is 0 Å². The average molecular weight is 165 g/mol. The normalized spacial score (nSPS) is 18.4. The summed E-state index contributed by atoms with van der Waals surface area (Å²) in [6.45, 7) is 8.20. The van der Waals surface area contributed by atoms with Gasteiger partial charge in [-0.25, -0.2) is 0 Å². The Kier molecular flexibility index (Phi) is 3.54. The van der Waals surface area contributed by atoms with Crippen LogP contribution in [-0.2, 0) is 0 Å². The minimum absolute atomic E-state index is 0.992. The van der Waals surface area contributed by atoms with E-state index in [0.717, 1.165) is 12.5 Å². The quantitative estimate of drug-likeness (QED) is 0.566. The molecule has 0 heterocycles. The zero-order chi connectivity index (χ0) is 8.97. The molecule has 0 unspecified atom stereocenters. The number of hydrogen-bond acceptors (Lipinski definition) is 1. The van der Waals surface area contributed by atoms with Crippen LogP contribution in [0.4, 0.5) is 0 Å². The lowest BCUT2D eigenvalue weighted by atomic mass is 10.2. The standard InChI is InChI=1S/C11H19N/c1-4-5-10(2)8-12(3)9-11-6-7-11/h4-5,11H,1,6-9H2,2-3H3/b10-5+. The molecule has 0 bridgehead atoms. The van der Waals surface area contributed by atoms with Gasteiger partial charge in [0.15, 0.2) is 0 Å². The van der Waals surface area contributed by atoms with E-state index in [0.29, 0.717) is 0 Å². The summed E-state index contributed by atoms with van der Waals surface area (Å²) in [5.41, 5.74) is 1.40. The van der Waals surface area contributed by atoms with Crippen LogP contribution >= 0.6 is 0 Å². The van der Waals surface area contributed by atoms with Gasteiger partial charge in [-0.15, -0.1) is 0 Å². The summed E-state index contributed by atoms with van der Waals surface area (Å²) < 4.78 is 0. The third-order valence-corrected chi connectivity index (χ3v) is 2.19. The van der Waals surface area contributed by atoms with Crippen LogP contribution in [0.3, 0.4) is 0 Å². The Bertz CT molecular complexity index is 177. The Hall–Kier alpha value is -0.560. The smallest absolute Gasteiger partial charge is 0.0190 e. The maximum absolute atomic E-state index is 3.69. The van der Waals surface area contributed by atoms with Gasteiger partial charge < -0.3 is 4.90 Å². The van der Waals surface area contributed by atoms with E-state index in [1.807, 2.05) is 6.08 Å². The van der Waals surface area contributed by atoms with Crippen LogP contribution in [0.15, 0.2) is 24.3 Å². The number of hydrogen-bond donors (Lipinski definition) is 0. The Morgan fingerprint density at radius 3 is 2.75 bits per heavy atom. The zero-order valence-corrected chi connectivity index (χ0v) is 8.21. The minimum atomic E-state index is 0.992. The fraction of sp³-hybridized carbons (Fsp3) is 0.636. The SMILES string of the molecule is C=C/C=C(\C)CN(C)CC1CC1. The lowest BCUT2D eigenvalue weighted by molar-refractivity contribution is 0.346. The Morgan fingerprint density at radius 2 is 2.25 bits per heavy atom. The van der Waals surface area contributed by atoms with Gasteiger partial charge in [0.1, 0.15) is 0 Å². The first kappa shape index (κ1) is 9.53. The van der Waals surface area contributed by atoms with Crippen molar-refractivity contribution >= 4 is 0 Å². The Balaban J connectivity index is 2.18. The lowest BCUT2D eigenvalue weighted by Crippen LogP contribution is -2.22. The predicted molar refractivity (Wildman–Crippen MR) is 54.2 cm³/mol. The second-order valence-electron chi connectivity index (χ2n) is 3.89. The molecule has 1 aliphatic carbocycles. The molecule has 0 saturated heterocycles. The third kappa shape index (κ3) is 3.72. The number of allylic oxidation sites excluding steroid dienone is 2. The lowest BCUT2D eigenvalue weighted by Gasteiger charge is -2.15. The fourth-order valence-electron chi connectivity index (χ4n) is 1.49. The highest BCUT2D eigenvalue weighted by Crippen LogP contribution is 2.29. The van der Waals surface area contributed by atoms with Crippen LogP contribution in [0, 0.1) is 5.92 Å². The highest BCUT2D eigenvalue weighted by atomic mass is 15.1. The Labute approximate surface area is 75.8 Å². The molecule has 1 aliphatic rings. The summed E-state index contributed by atoms with van der Waals surface area (Å²) in [7, 11) is 2.19. The Morgan fingerprint density at radius 1 is 1.58 bits per heavy atom. The molecule has 0 spiro atoms. The van der Waals surface area contributed by atoms with Gasteiger partial charge >= 0.3 is 0 Å². The summed E-state index contributed by atoms with van der Waals surface area (Å²) in [6, 6.07) is 0. The van der Waals surface area contributed by atoms with Crippen molar-refractivity contribution in [2.75, 3.05) is 20.1 Å². The van der Waals surface area contributed by atoms with Crippen molar-refractivity contribution in [3.05, 3.63) is 24.3 Å². The molecular weight excluding hydrogens is 146 g/mol. The van der Waals surface area contributed by atoms with Crippen molar-refractivity contribution in [3.63, 3.8) is 0 Å². The molecule has 0 aromatic rings. The van der Waals surface area contributed by atoms with Gasteiger partial charge in [-0.05, 0) is 32.7 Å². The fourth-order valence-corrected chi connectivity index (χ4v) is 1.49. The summed E-state index contributed by atoms with van der Waals surface area (Å²) >= 11 is 0. The van der Waals surface area contributed by atoms with Gasteiger partial charge in [-0.3, -0.25) is 0 Å². The average Bonchev–Trinajstić information content (AvgIpc) is 2.71.